The molecule has 1 amide bonds. The van der Waals surface area contributed by atoms with E-state index in [0.717, 1.165) is 11.3 Å². The third kappa shape index (κ3) is 3.92. The molecule has 0 bridgehead atoms. The van der Waals surface area contributed by atoms with Gasteiger partial charge in [0.2, 0.25) is 0 Å². The van der Waals surface area contributed by atoms with E-state index in [1.54, 1.807) is 10.3 Å². The van der Waals surface area contributed by atoms with Gasteiger partial charge >= 0.3 is 12.6 Å². The molecule has 2 aliphatic heterocycles. The molecule has 3 heterocycles. The third-order valence-electron chi connectivity index (χ3n) is 4.78. The van der Waals surface area contributed by atoms with Crippen LogP contribution in [-0.2, 0) is 9.53 Å². The van der Waals surface area contributed by atoms with E-state index < -0.39 is 18.5 Å². The van der Waals surface area contributed by atoms with Gasteiger partial charge in [-0.05, 0) is 36.6 Å². The average molecular weight is 375 g/mol. The summed E-state index contributed by atoms with van der Waals surface area (Å²) in [5.41, 5.74) is 0. The van der Waals surface area contributed by atoms with Crippen LogP contribution in [0.15, 0.2) is 11.4 Å². The highest BCUT2D eigenvalue weighted by Crippen LogP contribution is 2.35. The fourth-order valence-corrected chi connectivity index (χ4v) is 4.35. The monoisotopic (exact) mass is 375 g/mol. The summed E-state index contributed by atoms with van der Waals surface area (Å²) in [6.07, 6.45) is 1.48. The molecule has 2 aliphatic rings. The van der Waals surface area contributed by atoms with Crippen molar-refractivity contribution in [2.45, 2.75) is 32.0 Å². The summed E-state index contributed by atoms with van der Waals surface area (Å²) >= 11 is 1.07. The number of amides is 1. The third-order valence-corrected chi connectivity index (χ3v) is 5.67. The van der Waals surface area contributed by atoms with Crippen LogP contribution in [0.1, 0.15) is 28.9 Å². The molecule has 1 unspecified atom stereocenters. The number of nitrogens with zero attached hydrogens (tertiary/aromatic N) is 1. The molecule has 2 fully saturated rings. The summed E-state index contributed by atoms with van der Waals surface area (Å²) in [5.74, 6) is -1.67. The lowest BCUT2D eigenvalue weighted by molar-refractivity contribution is -0.145. The number of halogens is 2. The Kier molecular flexibility index (Phi) is 5.53. The van der Waals surface area contributed by atoms with E-state index in [0.29, 0.717) is 39.0 Å². The van der Waals surface area contributed by atoms with Crippen LogP contribution in [0.5, 0.6) is 5.75 Å². The van der Waals surface area contributed by atoms with Crippen molar-refractivity contribution >= 4 is 23.2 Å². The second-order valence-electron chi connectivity index (χ2n) is 6.19. The van der Waals surface area contributed by atoms with Gasteiger partial charge in [-0.25, -0.2) is 0 Å². The number of rotatable bonds is 5. The highest BCUT2D eigenvalue weighted by atomic mass is 32.1. The Morgan fingerprint density at radius 2 is 2.04 bits per heavy atom. The van der Waals surface area contributed by atoms with Crippen LogP contribution in [0.25, 0.3) is 0 Å². The van der Waals surface area contributed by atoms with Gasteiger partial charge in [0.15, 0.2) is 0 Å². The molecule has 9 heteroatoms. The normalized spacial score (nSPS) is 24.7. The molecule has 0 aromatic carbocycles. The van der Waals surface area contributed by atoms with E-state index >= 15 is 0 Å². The topological polar surface area (TPSA) is 76.1 Å². The highest BCUT2D eigenvalue weighted by molar-refractivity contribution is 7.12. The lowest BCUT2D eigenvalue weighted by atomic mass is 9.84. The number of carboxylic acid groups (broad SMARTS) is 1. The molecule has 25 heavy (non-hydrogen) atoms. The number of alkyl halides is 2. The SMILES string of the molecule is O=C(O)C1CCO[C@H]1C1CCN(C(=O)c2sccc2OC(F)F)CC1. The van der Waals surface area contributed by atoms with Gasteiger partial charge in [-0.2, -0.15) is 8.78 Å². The van der Waals surface area contributed by atoms with Crippen LogP contribution < -0.4 is 4.74 Å². The number of likely N-dealkylation sites (tertiary alicyclic amines) is 1. The van der Waals surface area contributed by atoms with Crippen molar-refractivity contribution in [1.29, 1.82) is 0 Å². The number of hydrogen-bond acceptors (Lipinski definition) is 5. The molecule has 2 atom stereocenters. The first-order chi connectivity index (χ1) is 12.0. The van der Waals surface area contributed by atoms with Crippen LogP contribution in [0, 0.1) is 11.8 Å². The summed E-state index contributed by atoms with van der Waals surface area (Å²) in [6.45, 7) is -1.63. The molecular weight excluding hydrogens is 356 g/mol. The fraction of sp³-hybridized carbons (Fsp3) is 0.625. The zero-order chi connectivity index (χ0) is 18.0. The Morgan fingerprint density at radius 1 is 1.32 bits per heavy atom. The first-order valence-corrected chi connectivity index (χ1v) is 9.01. The van der Waals surface area contributed by atoms with Gasteiger partial charge in [0.1, 0.15) is 10.6 Å². The van der Waals surface area contributed by atoms with Gasteiger partial charge < -0.3 is 19.5 Å². The van der Waals surface area contributed by atoms with Gasteiger partial charge in [0.05, 0.1) is 12.0 Å². The maximum absolute atomic E-state index is 12.5. The Balaban J connectivity index is 1.60. The van der Waals surface area contributed by atoms with Crippen LogP contribution in [-0.4, -0.2) is 54.3 Å². The van der Waals surface area contributed by atoms with Crippen LogP contribution in [0.4, 0.5) is 8.78 Å². The predicted molar refractivity (Wildman–Crippen MR) is 85.1 cm³/mol. The summed E-state index contributed by atoms with van der Waals surface area (Å²) in [6, 6.07) is 1.36. The molecule has 0 saturated carbocycles. The average Bonchev–Trinajstić information content (AvgIpc) is 3.23. The first kappa shape index (κ1) is 18.1. The molecule has 138 valence electrons. The molecule has 1 N–H and O–H groups in total. The minimum Gasteiger partial charge on any atom is -0.481 e. The van der Waals surface area contributed by atoms with Crippen LogP contribution in [0.2, 0.25) is 0 Å². The predicted octanol–water partition coefficient (Wildman–Crippen LogP) is 2.69. The van der Waals surface area contributed by atoms with Crippen molar-refractivity contribution in [2.24, 2.45) is 11.8 Å². The summed E-state index contributed by atoms with van der Waals surface area (Å²) in [5, 5.41) is 10.8. The number of thiophene rings is 1. The number of aliphatic carboxylic acids is 1. The Morgan fingerprint density at radius 3 is 2.68 bits per heavy atom. The Bertz CT molecular complexity index is 630. The Labute approximate surface area is 147 Å². The highest BCUT2D eigenvalue weighted by Gasteiger charge is 2.41. The van der Waals surface area contributed by atoms with Crippen molar-refractivity contribution in [1.82, 2.24) is 4.90 Å². The lowest BCUT2D eigenvalue weighted by Crippen LogP contribution is -2.43. The van der Waals surface area contributed by atoms with Crippen LogP contribution >= 0.6 is 11.3 Å². The minimum absolute atomic E-state index is 0.0905. The molecular formula is C16H19F2NO5S. The fourth-order valence-electron chi connectivity index (χ4n) is 3.56. The van der Waals surface area contributed by atoms with E-state index in [2.05, 4.69) is 4.74 Å². The molecule has 1 aromatic heterocycles. The lowest BCUT2D eigenvalue weighted by Gasteiger charge is -2.35. The maximum atomic E-state index is 12.5. The zero-order valence-corrected chi connectivity index (χ0v) is 14.2. The van der Waals surface area contributed by atoms with E-state index in [1.165, 1.54) is 6.07 Å². The molecule has 6 nitrogen and oxygen atoms in total. The molecule has 3 rings (SSSR count). The summed E-state index contributed by atoms with van der Waals surface area (Å²) in [7, 11) is 0. The van der Waals surface area contributed by atoms with E-state index in [-0.39, 0.29) is 28.6 Å². The van der Waals surface area contributed by atoms with Crippen molar-refractivity contribution in [3.8, 4) is 5.75 Å². The van der Waals surface area contributed by atoms with Gasteiger partial charge in [-0.1, -0.05) is 0 Å². The minimum atomic E-state index is -2.97. The smallest absolute Gasteiger partial charge is 0.387 e. The van der Waals surface area contributed by atoms with Gasteiger partial charge in [0, 0.05) is 19.7 Å². The molecule has 1 aromatic rings. The van der Waals surface area contributed by atoms with Crippen LogP contribution in [0.3, 0.4) is 0 Å². The van der Waals surface area contributed by atoms with Crippen molar-refractivity contribution < 1.29 is 33.0 Å². The van der Waals surface area contributed by atoms with E-state index in [9.17, 15) is 23.5 Å². The number of carboxylic acids is 1. The first-order valence-electron chi connectivity index (χ1n) is 8.13. The van der Waals surface area contributed by atoms with Crippen molar-refractivity contribution in [3.05, 3.63) is 16.3 Å². The number of piperidine rings is 1. The summed E-state index contributed by atoms with van der Waals surface area (Å²) < 4.78 is 34.8. The zero-order valence-electron chi connectivity index (χ0n) is 13.4. The maximum Gasteiger partial charge on any atom is 0.387 e. The number of hydrogen-bond donors (Lipinski definition) is 1. The standard InChI is InChI=1S/C16H19F2NO5S/c17-16(18)24-11-4-8-25-13(11)14(20)19-5-1-9(2-6-19)12-10(15(21)22)3-7-23-12/h4,8-10,12,16H,1-3,5-7H2,(H,21,22)/t10?,12-/m0/s1. The number of ether oxygens (including phenoxy) is 2. The quantitative estimate of drug-likeness (QED) is 0.856. The second-order valence-corrected chi connectivity index (χ2v) is 7.11. The van der Waals surface area contributed by atoms with Gasteiger partial charge in [-0.15, -0.1) is 11.3 Å². The van der Waals surface area contributed by atoms with E-state index in [4.69, 9.17) is 4.74 Å². The van der Waals surface area contributed by atoms with E-state index in [1.807, 2.05) is 0 Å². The number of carbonyl (C=O) groups excluding carboxylic acids is 1. The largest absolute Gasteiger partial charge is 0.481 e. The Hall–Kier alpha value is -1.74. The molecule has 2 saturated heterocycles. The van der Waals surface area contributed by atoms with Crippen molar-refractivity contribution in [2.75, 3.05) is 19.7 Å². The summed E-state index contributed by atoms with van der Waals surface area (Å²) in [4.78, 5) is 25.6. The van der Waals surface area contributed by atoms with Gasteiger partial charge in [-0.3, -0.25) is 9.59 Å². The van der Waals surface area contributed by atoms with Gasteiger partial charge in [0.25, 0.3) is 5.91 Å². The number of carbonyl (C=O) groups is 2. The molecule has 0 spiro atoms. The van der Waals surface area contributed by atoms with Crippen molar-refractivity contribution in [3.63, 3.8) is 0 Å². The molecule has 0 radical (unpaired) electrons. The second kappa shape index (κ2) is 7.65. The molecule has 0 aliphatic carbocycles.